The Kier molecular flexibility index (Phi) is 5.82. The predicted octanol–water partition coefficient (Wildman–Crippen LogP) is 8.86. The Morgan fingerprint density at radius 2 is 1.39 bits per heavy atom. The van der Waals surface area contributed by atoms with Gasteiger partial charge < -0.3 is 15.3 Å². The first-order valence-electron chi connectivity index (χ1n) is 13.6. The van der Waals surface area contributed by atoms with E-state index in [4.69, 9.17) is 6.57 Å². The Bertz CT molecular complexity index is 1890. The van der Waals surface area contributed by atoms with Gasteiger partial charge in [0.05, 0.1) is 23.3 Å². The zero-order chi connectivity index (χ0) is 28.6. The van der Waals surface area contributed by atoms with Crippen molar-refractivity contribution in [1.82, 2.24) is 15.0 Å². The van der Waals surface area contributed by atoms with Crippen LogP contribution in [0, 0.1) is 53.4 Å². The van der Waals surface area contributed by atoms with Crippen LogP contribution in [0.4, 0.5) is 33.5 Å². The average Bonchev–Trinajstić information content (AvgIpc) is 3.56. The molecule has 2 atom stereocenters. The third-order valence-electron chi connectivity index (χ3n) is 9.10. The predicted molar refractivity (Wildman–Crippen MR) is 147 cm³/mol. The minimum atomic E-state index is -0.863. The number of aromatic nitrogens is 3. The van der Waals surface area contributed by atoms with Crippen LogP contribution in [0.15, 0.2) is 36.7 Å². The molecule has 3 fully saturated rings. The van der Waals surface area contributed by atoms with Gasteiger partial charge in [0.1, 0.15) is 23.3 Å². The lowest BCUT2D eigenvalue weighted by Gasteiger charge is -2.47. The van der Waals surface area contributed by atoms with Crippen LogP contribution in [0.5, 0.6) is 0 Å². The van der Waals surface area contributed by atoms with Gasteiger partial charge in [0.15, 0.2) is 11.6 Å². The fraction of sp³-hybridized carbons (Fsp3) is 0.290. The van der Waals surface area contributed by atoms with E-state index in [-0.39, 0.29) is 67.7 Å². The molecule has 3 heterocycles. The number of halogens is 5. The summed E-state index contributed by atoms with van der Waals surface area (Å²) in [4.78, 5) is 13.7. The van der Waals surface area contributed by atoms with Crippen LogP contribution in [0.1, 0.15) is 32.6 Å². The monoisotopic (exact) mass is 561 g/mol. The van der Waals surface area contributed by atoms with Crippen molar-refractivity contribution in [3.63, 3.8) is 0 Å². The molecule has 5 aromatic rings. The molecule has 3 aliphatic rings. The highest BCUT2D eigenvalue weighted by Gasteiger charge is 2.42. The van der Waals surface area contributed by atoms with E-state index >= 15 is 4.39 Å². The van der Waals surface area contributed by atoms with Gasteiger partial charge in [0.2, 0.25) is 5.69 Å². The first kappa shape index (κ1) is 25.6. The number of benzene rings is 2. The average molecular weight is 562 g/mol. The summed E-state index contributed by atoms with van der Waals surface area (Å²) in [5.41, 5.74) is -0.220. The molecule has 0 spiro atoms. The number of hydrogen-bond donors (Lipinski definition) is 3. The van der Waals surface area contributed by atoms with Gasteiger partial charge in [-0.1, -0.05) is 6.92 Å². The van der Waals surface area contributed by atoms with Crippen molar-refractivity contribution in [3.05, 3.63) is 77.2 Å². The lowest BCUT2D eigenvalue weighted by molar-refractivity contribution is 0.0926. The van der Waals surface area contributed by atoms with Gasteiger partial charge in [-0.2, -0.15) is 0 Å². The van der Waals surface area contributed by atoms with Crippen molar-refractivity contribution in [1.29, 1.82) is 0 Å². The van der Waals surface area contributed by atoms with Crippen LogP contribution < -0.4 is 5.32 Å². The van der Waals surface area contributed by atoms with E-state index in [0.717, 1.165) is 43.9 Å². The van der Waals surface area contributed by atoms with E-state index in [2.05, 4.69) is 32.0 Å². The number of pyridine rings is 1. The molecule has 0 radical (unpaired) electrons. The van der Waals surface area contributed by atoms with E-state index in [1.807, 2.05) is 0 Å². The SMILES string of the molecule is [C-]#[N+]c1c(-c2c[nH]c3c(F)cc(F)cc23)nc(N[C@@H]2C3CCC(CC3)[C@H]2C)c(F)c1-c1c[nH]c2c(F)cc(F)cc12. The first-order valence-corrected chi connectivity index (χ1v) is 13.6. The smallest absolute Gasteiger partial charge is 0.223 e. The minimum absolute atomic E-state index is 0.00463. The number of rotatable bonds is 4. The van der Waals surface area contributed by atoms with Crippen molar-refractivity contribution < 1.29 is 22.0 Å². The maximum absolute atomic E-state index is 16.6. The molecule has 0 unspecified atom stereocenters. The van der Waals surface area contributed by atoms with Crippen LogP contribution >= 0.6 is 0 Å². The summed E-state index contributed by atoms with van der Waals surface area (Å²) < 4.78 is 74.4. The van der Waals surface area contributed by atoms with E-state index in [1.54, 1.807) is 0 Å². The summed E-state index contributed by atoms with van der Waals surface area (Å²) in [6, 6.07) is 3.58. The Labute approximate surface area is 231 Å². The molecule has 0 amide bonds. The van der Waals surface area contributed by atoms with E-state index in [1.165, 1.54) is 12.4 Å². The number of anilines is 1. The van der Waals surface area contributed by atoms with Crippen molar-refractivity contribution in [2.24, 2.45) is 17.8 Å². The second-order valence-electron chi connectivity index (χ2n) is 11.2. The van der Waals surface area contributed by atoms with Gasteiger partial charge in [0.25, 0.3) is 0 Å². The Morgan fingerprint density at radius 1 is 0.829 bits per heavy atom. The molecule has 3 N–H and O–H groups in total. The lowest BCUT2D eigenvalue weighted by atomic mass is 9.62. The largest absolute Gasteiger partial charge is 0.364 e. The van der Waals surface area contributed by atoms with E-state index in [9.17, 15) is 17.6 Å². The fourth-order valence-electron chi connectivity index (χ4n) is 7.06. The number of hydrogen-bond acceptors (Lipinski definition) is 2. The molecule has 10 heteroatoms. The zero-order valence-electron chi connectivity index (χ0n) is 21.9. The van der Waals surface area contributed by atoms with E-state index < -0.39 is 29.1 Å². The molecule has 3 aliphatic carbocycles. The summed E-state index contributed by atoms with van der Waals surface area (Å²) in [6.07, 6.45) is 6.98. The van der Waals surface area contributed by atoms with Crippen LogP contribution in [-0.2, 0) is 0 Å². The summed E-state index contributed by atoms with van der Waals surface area (Å²) in [5.74, 6) is -3.26. The molecule has 5 nitrogen and oxygen atoms in total. The van der Waals surface area contributed by atoms with E-state index in [0.29, 0.717) is 17.9 Å². The second-order valence-corrected chi connectivity index (χ2v) is 11.2. The molecule has 208 valence electrons. The molecular formula is C31H24F5N5. The quantitative estimate of drug-likeness (QED) is 0.152. The van der Waals surface area contributed by atoms with Crippen LogP contribution in [-0.4, -0.2) is 21.0 Å². The fourth-order valence-corrected chi connectivity index (χ4v) is 7.06. The number of nitrogens with one attached hydrogen (secondary N) is 3. The molecule has 0 saturated heterocycles. The second kappa shape index (κ2) is 9.33. The topological polar surface area (TPSA) is 60.9 Å². The highest BCUT2D eigenvalue weighted by atomic mass is 19.1. The van der Waals surface area contributed by atoms with Gasteiger partial charge in [-0.05, 0) is 61.1 Å². The molecular weight excluding hydrogens is 537 g/mol. The number of fused-ring (bicyclic) bond motifs is 5. The minimum Gasteiger partial charge on any atom is -0.364 e. The van der Waals surface area contributed by atoms with Gasteiger partial charge in [0, 0.05) is 52.5 Å². The maximum Gasteiger partial charge on any atom is 0.223 e. The molecule has 2 bridgehead atoms. The number of nitrogens with zero attached hydrogens (tertiary/aromatic N) is 2. The standard InChI is InChI=1S/C31H24F5N5/c1-13-14-3-5-15(6-4-14)26(13)40-31-25(36)24(20-11-38-27-18(20)7-16(32)9-22(27)34)30(37-2)29(41-31)21-12-39-28-19(21)8-17(33)10-23(28)35/h7-15,26,38-39H,3-6H2,1H3,(H,40,41)/t13-,14?,15?,26+/m1/s1. The Morgan fingerprint density at radius 3 is 1.98 bits per heavy atom. The summed E-state index contributed by atoms with van der Waals surface area (Å²) in [5, 5.41) is 3.50. The third kappa shape index (κ3) is 3.90. The zero-order valence-corrected chi connectivity index (χ0v) is 21.9. The number of H-pyrrole nitrogens is 2. The Hall–Kier alpha value is -4.39. The third-order valence-corrected chi connectivity index (χ3v) is 9.10. The molecule has 41 heavy (non-hydrogen) atoms. The molecule has 8 rings (SSSR count). The highest BCUT2D eigenvalue weighted by Crippen LogP contribution is 2.49. The summed E-state index contributed by atoms with van der Waals surface area (Å²) >= 11 is 0. The van der Waals surface area contributed by atoms with Gasteiger partial charge >= 0.3 is 0 Å². The van der Waals surface area contributed by atoms with Crippen molar-refractivity contribution >= 4 is 33.3 Å². The number of aromatic amines is 2. The molecule has 0 aliphatic heterocycles. The first-order chi connectivity index (χ1) is 19.7. The normalized spacial score (nSPS) is 22.0. The summed E-state index contributed by atoms with van der Waals surface area (Å²) in [6.45, 7) is 10.2. The van der Waals surface area contributed by atoms with Crippen molar-refractivity contribution in [3.8, 4) is 22.4 Å². The lowest BCUT2D eigenvalue weighted by Crippen LogP contribution is -2.47. The summed E-state index contributed by atoms with van der Waals surface area (Å²) in [7, 11) is 0. The highest BCUT2D eigenvalue weighted by molar-refractivity contribution is 6.05. The molecule has 2 aromatic carbocycles. The molecule has 3 aromatic heterocycles. The Balaban J connectivity index is 1.51. The van der Waals surface area contributed by atoms with Crippen LogP contribution in [0.2, 0.25) is 0 Å². The molecule has 3 saturated carbocycles. The van der Waals surface area contributed by atoms with Gasteiger partial charge in [-0.25, -0.2) is 31.8 Å². The van der Waals surface area contributed by atoms with Crippen molar-refractivity contribution in [2.45, 2.75) is 38.6 Å². The van der Waals surface area contributed by atoms with Gasteiger partial charge in [-0.3, -0.25) is 0 Å². The van der Waals surface area contributed by atoms with Crippen LogP contribution in [0.3, 0.4) is 0 Å². The van der Waals surface area contributed by atoms with Crippen LogP contribution in [0.25, 0.3) is 49.0 Å². The van der Waals surface area contributed by atoms with Crippen molar-refractivity contribution in [2.75, 3.05) is 5.32 Å². The van der Waals surface area contributed by atoms with Gasteiger partial charge in [-0.15, -0.1) is 0 Å². The maximum atomic E-state index is 16.6.